The number of rotatable bonds is 4. The molecular formula is C25H27NO4. The van der Waals surface area contributed by atoms with Crippen LogP contribution in [-0.2, 0) is 11.2 Å². The van der Waals surface area contributed by atoms with Crippen molar-refractivity contribution in [2.75, 3.05) is 14.2 Å². The second-order valence-corrected chi connectivity index (χ2v) is 7.96. The van der Waals surface area contributed by atoms with E-state index >= 15 is 0 Å². The third-order valence-electron chi connectivity index (χ3n) is 6.32. The lowest BCUT2D eigenvalue weighted by Crippen LogP contribution is -2.40. The van der Waals surface area contributed by atoms with Gasteiger partial charge in [0.05, 0.1) is 25.6 Å². The predicted octanol–water partition coefficient (Wildman–Crippen LogP) is 5.00. The Kier molecular flexibility index (Phi) is 5.06. The molecule has 3 aromatic carbocycles. The van der Waals surface area contributed by atoms with Crippen molar-refractivity contribution in [3.63, 3.8) is 0 Å². The van der Waals surface area contributed by atoms with Crippen LogP contribution in [0.4, 0.5) is 0 Å². The lowest BCUT2D eigenvalue weighted by Gasteiger charge is -2.39. The summed E-state index contributed by atoms with van der Waals surface area (Å²) >= 11 is 0. The Labute approximate surface area is 176 Å². The largest absolute Gasteiger partial charge is 0.507 e. The highest BCUT2D eigenvalue weighted by atomic mass is 16.5. The van der Waals surface area contributed by atoms with Crippen molar-refractivity contribution in [1.82, 2.24) is 4.90 Å². The molecule has 0 fully saturated rings. The van der Waals surface area contributed by atoms with Crippen molar-refractivity contribution < 1.29 is 19.4 Å². The molecule has 0 radical (unpaired) electrons. The molecule has 1 N–H and O–H groups in total. The summed E-state index contributed by atoms with van der Waals surface area (Å²) in [5, 5.41) is 12.2. The zero-order chi connectivity index (χ0) is 21.6. The standard InChI is InChI=1S/C25H27NO4/c1-14-11-22(30-5)25-18(7-6-8-20(25)28)23(14)17-9-10-21(29-4)24-16(3)26(13-27)15(2)12-19(17)24/h6-11,13,15-16,28H,12H2,1-5H3. The quantitative estimate of drug-likeness (QED) is 0.621. The maximum atomic E-state index is 11.7. The Morgan fingerprint density at radius 1 is 1.10 bits per heavy atom. The maximum Gasteiger partial charge on any atom is 0.210 e. The van der Waals surface area contributed by atoms with Crippen LogP contribution in [0.1, 0.15) is 36.6 Å². The summed E-state index contributed by atoms with van der Waals surface area (Å²) < 4.78 is 11.2. The van der Waals surface area contributed by atoms with Gasteiger partial charge >= 0.3 is 0 Å². The number of nitrogens with zero attached hydrogens (tertiary/aromatic N) is 1. The van der Waals surface area contributed by atoms with E-state index in [1.807, 2.05) is 36.1 Å². The molecule has 1 aliphatic heterocycles. The summed E-state index contributed by atoms with van der Waals surface area (Å²) in [5.74, 6) is 1.64. The van der Waals surface area contributed by atoms with Crippen LogP contribution in [0.3, 0.4) is 0 Å². The summed E-state index contributed by atoms with van der Waals surface area (Å²) in [4.78, 5) is 13.6. The van der Waals surface area contributed by atoms with Gasteiger partial charge < -0.3 is 19.5 Å². The van der Waals surface area contributed by atoms with Crippen LogP contribution >= 0.6 is 0 Å². The van der Waals surface area contributed by atoms with Crippen LogP contribution in [0.2, 0.25) is 0 Å². The Morgan fingerprint density at radius 2 is 1.83 bits per heavy atom. The van der Waals surface area contributed by atoms with E-state index < -0.39 is 0 Å². The van der Waals surface area contributed by atoms with Gasteiger partial charge in [0.2, 0.25) is 6.41 Å². The Bertz CT molecular complexity index is 1140. The molecule has 1 heterocycles. The molecule has 0 aliphatic carbocycles. The molecule has 30 heavy (non-hydrogen) atoms. The summed E-state index contributed by atoms with van der Waals surface area (Å²) in [7, 11) is 3.28. The number of fused-ring (bicyclic) bond motifs is 2. The molecule has 2 unspecified atom stereocenters. The van der Waals surface area contributed by atoms with E-state index in [-0.39, 0.29) is 17.8 Å². The smallest absolute Gasteiger partial charge is 0.210 e. The minimum absolute atomic E-state index is 0.0778. The fraction of sp³-hybridized carbons (Fsp3) is 0.320. The molecule has 0 aromatic heterocycles. The predicted molar refractivity (Wildman–Crippen MR) is 118 cm³/mol. The molecule has 1 amide bonds. The average Bonchev–Trinajstić information content (AvgIpc) is 2.73. The van der Waals surface area contributed by atoms with Crippen molar-refractivity contribution in [3.8, 4) is 28.4 Å². The lowest BCUT2D eigenvalue weighted by atomic mass is 9.81. The molecule has 0 bridgehead atoms. The minimum Gasteiger partial charge on any atom is -0.507 e. The molecule has 0 saturated heterocycles. The summed E-state index contributed by atoms with van der Waals surface area (Å²) in [6.45, 7) is 6.17. The molecule has 1 aliphatic rings. The normalized spacial score (nSPS) is 18.2. The van der Waals surface area contributed by atoms with Gasteiger partial charge in [0.15, 0.2) is 0 Å². The molecule has 5 nitrogen and oxygen atoms in total. The van der Waals surface area contributed by atoms with Crippen molar-refractivity contribution in [2.45, 2.75) is 39.3 Å². The number of methoxy groups -OCH3 is 2. The van der Waals surface area contributed by atoms with E-state index in [2.05, 4.69) is 19.9 Å². The number of ether oxygens (including phenoxy) is 2. The number of carbonyl (C=O) groups excluding carboxylic acids is 1. The van der Waals surface area contributed by atoms with Gasteiger partial charge in [-0.1, -0.05) is 18.2 Å². The lowest BCUT2D eigenvalue weighted by molar-refractivity contribution is -0.122. The van der Waals surface area contributed by atoms with Gasteiger partial charge in [-0.15, -0.1) is 0 Å². The number of amides is 1. The topological polar surface area (TPSA) is 59.0 Å². The number of hydrogen-bond donors (Lipinski definition) is 1. The molecule has 0 saturated carbocycles. The Balaban J connectivity index is 2.08. The van der Waals surface area contributed by atoms with E-state index in [1.165, 1.54) is 5.56 Å². The van der Waals surface area contributed by atoms with Crippen LogP contribution in [0.15, 0.2) is 36.4 Å². The van der Waals surface area contributed by atoms with Gasteiger partial charge in [-0.05, 0) is 73.0 Å². The number of phenols is 1. The fourth-order valence-electron chi connectivity index (χ4n) is 4.94. The van der Waals surface area contributed by atoms with Crippen LogP contribution in [0.25, 0.3) is 21.9 Å². The van der Waals surface area contributed by atoms with Crippen molar-refractivity contribution in [2.24, 2.45) is 0 Å². The van der Waals surface area contributed by atoms with Crippen LogP contribution in [0.5, 0.6) is 17.2 Å². The van der Waals surface area contributed by atoms with Gasteiger partial charge in [-0.3, -0.25) is 4.79 Å². The van der Waals surface area contributed by atoms with E-state index in [0.29, 0.717) is 11.1 Å². The third kappa shape index (κ3) is 2.88. The molecule has 5 heteroatoms. The molecule has 2 atom stereocenters. The fourth-order valence-corrected chi connectivity index (χ4v) is 4.94. The first-order valence-corrected chi connectivity index (χ1v) is 10.1. The van der Waals surface area contributed by atoms with E-state index in [9.17, 15) is 9.90 Å². The Morgan fingerprint density at radius 3 is 2.50 bits per heavy atom. The van der Waals surface area contributed by atoms with E-state index in [0.717, 1.165) is 46.2 Å². The highest BCUT2D eigenvalue weighted by Gasteiger charge is 2.33. The maximum absolute atomic E-state index is 11.7. The summed E-state index contributed by atoms with van der Waals surface area (Å²) in [5.41, 5.74) is 5.47. The first-order chi connectivity index (χ1) is 14.4. The number of hydrogen-bond acceptors (Lipinski definition) is 4. The molecular weight excluding hydrogens is 378 g/mol. The Hall–Kier alpha value is -3.21. The summed E-state index contributed by atoms with van der Waals surface area (Å²) in [6, 6.07) is 11.6. The first kappa shape index (κ1) is 20.1. The van der Waals surface area contributed by atoms with Crippen LogP contribution in [-0.4, -0.2) is 36.7 Å². The van der Waals surface area contributed by atoms with Crippen molar-refractivity contribution in [1.29, 1.82) is 0 Å². The molecule has 4 rings (SSSR count). The van der Waals surface area contributed by atoms with Crippen LogP contribution < -0.4 is 9.47 Å². The third-order valence-corrected chi connectivity index (χ3v) is 6.32. The van der Waals surface area contributed by atoms with Gasteiger partial charge in [0.1, 0.15) is 17.2 Å². The second kappa shape index (κ2) is 7.56. The van der Waals surface area contributed by atoms with E-state index in [4.69, 9.17) is 9.47 Å². The van der Waals surface area contributed by atoms with E-state index in [1.54, 1.807) is 20.3 Å². The number of aromatic hydroxyl groups is 1. The van der Waals surface area contributed by atoms with Gasteiger partial charge in [-0.25, -0.2) is 0 Å². The zero-order valence-electron chi connectivity index (χ0n) is 18.0. The molecule has 3 aromatic rings. The van der Waals surface area contributed by atoms with Gasteiger partial charge in [0, 0.05) is 11.6 Å². The number of phenolic OH excluding ortho intramolecular Hbond substituents is 1. The molecule has 156 valence electrons. The summed E-state index contributed by atoms with van der Waals surface area (Å²) in [6.07, 6.45) is 1.66. The SMILES string of the molecule is COc1ccc(-c2c(C)cc(OC)c3c(O)cccc23)c2c1C(C)N(C=O)C(C)C2. The highest BCUT2D eigenvalue weighted by molar-refractivity contribution is 6.05. The van der Waals surface area contributed by atoms with Gasteiger partial charge in [-0.2, -0.15) is 0 Å². The number of aryl methyl sites for hydroxylation is 1. The average molecular weight is 405 g/mol. The first-order valence-electron chi connectivity index (χ1n) is 10.1. The van der Waals surface area contributed by atoms with Crippen molar-refractivity contribution in [3.05, 3.63) is 53.1 Å². The zero-order valence-corrected chi connectivity index (χ0v) is 18.0. The monoisotopic (exact) mass is 405 g/mol. The number of carbonyl (C=O) groups is 1. The minimum atomic E-state index is -0.0885. The van der Waals surface area contributed by atoms with Crippen molar-refractivity contribution >= 4 is 17.2 Å². The van der Waals surface area contributed by atoms with Crippen LogP contribution in [0, 0.1) is 6.92 Å². The highest BCUT2D eigenvalue weighted by Crippen LogP contribution is 2.47. The molecule has 0 spiro atoms. The second-order valence-electron chi connectivity index (χ2n) is 7.96. The number of benzene rings is 3. The van der Waals surface area contributed by atoms with Gasteiger partial charge in [0.25, 0.3) is 0 Å².